The highest BCUT2D eigenvalue weighted by Gasteiger charge is 2.17. The summed E-state index contributed by atoms with van der Waals surface area (Å²) in [6, 6.07) is 12.9. The molecule has 3 N–H and O–H groups in total. The van der Waals surface area contributed by atoms with Gasteiger partial charge in [0.2, 0.25) is 0 Å². The highest BCUT2D eigenvalue weighted by Crippen LogP contribution is 2.29. The number of nitrogens with one attached hydrogen (secondary N) is 1. The second kappa shape index (κ2) is 7.01. The molecule has 21 heavy (non-hydrogen) atoms. The molecule has 3 rings (SSSR count). The molecule has 1 heterocycles. The maximum absolute atomic E-state index is 5.74. The second-order valence-electron chi connectivity index (χ2n) is 6.29. The number of aromatic nitrogens is 1. The number of nitrogens with zero attached hydrogens (tertiary/aromatic N) is 1. The number of hydrazine groups is 1. The van der Waals surface area contributed by atoms with Crippen molar-refractivity contribution < 1.29 is 0 Å². The highest BCUT2D eigenvalue weighted by atomic mass is 15.2. The predicted octanol–water partition coefficient (Wildman–Crippen LogP) is 3.58. The molecule has 1 unspecified atom stereocenters. The average Bonchev–Trinajstić information content (AvgIpc) is 3.04. The number of rotatable bonds is 6. The molecule has 2 aromatic rings. The fraction of sp³-hybridized carbons (Fsp3) is 0.500. The summed E-state index contributed by atoms with van der Waals surface area (Å²) < 4.78 is 0. The van der Waals surface area contributed by atoms with Gasteiger partial charge in [0.25, 0.3) is 0 Å². The Kier molecular flexibility index (Phi) is 4.84. The number of fused-ring (bicyclic) bond motifs is 1. The van der Waals surface area contributed by atoms with E-state index < -0.39 is 0 Å². The van der Waals surface area contributed by atoms with Gasteiger partial charge in [-0.05, 0) is 30.9 Å². The van der Waals surface area contributed by atoms with E-state index in [-0.39, 0.29) is 0 Å². The molecule has 1 saturated carbocycles. The van der Waals surface area contributed by atoms with E-state index in [0.29, 0.717) is 6.04 Å². The number of hydrogen-bond donors (Lipinski definition) is 2. The molecule has 0 radical (unpaired) electrons. The molecule has 0 bridgehead atoms. The Morgan fingerprint density at radius 3 is 2.76 bits per heavy atom. The summed E-state index contributed by atoms with van der Waals surface area (Å²) in [6.45, 7) is 0. The van der Waals surface area contributed by atoms with Crippen LogP contribution in [-0.2, 0) is 6.42 Å². The van der Waals surface area contributed by atoms with Crippen molar-refractivity contribution in [2.45, 2.75) is 51.0 Å². The van der Waals surface area contributed by atoms with Crippen LogP contribution >= 0.6 is 0 Å². The maximum Gasteiger partial charge on any atom is 0.0705 e. The zero-order chi connectivity index (χ0) is 14.5. The number of pyridine rings is 1. The van der Waals surface area contributed by atoms with Crippen LogP contribution in [0.4, 0.5) is 0 Å². The van der Waals surface area contributed by atoms with Crippen molar-refractivity contribution in [3.05, 3.63) is 42.1 Å². The summed E-state index contributed by atoms with van der Waals surface area (Å²) in [7, 11) is 0. The lowest BCUT2D eigenvalue weighted by Crippen LogP contribution is -2.37. The lowest BCUT2D eigenvalue weighted by atomic mass is 9.96. The molecule has 0 spiro atoms. The molecule has 1 fully saturated rings. The normalized spacial score (nSPS) is 17.4. The molecule has 0 saturated heterocycles. The predicted molar refractivity (Wildman–Crippen MR) is 87.8 cm³/mol. The van der Waals surface area contributed by atoms with Crippen LogP contribution in [0.5, 0.6) is 0 Å². The van der Waals surface area contributed by atoms with Gasteiger partial charge >= 0.3 is 0 Å². The number of benzene rings is 1. The van der Waals surface area contributed by atoms with E-state index in [1.807, 2.05) is 6.07 Å². The standard InChI is InChI=1S/C18H25N3/c19-21-17(11-9-14-5-1-2-6-14)13-16-12-10-15-7-3-4-8-18(15)20-16/h3-4,7-8,10,12,14,17,21H,1-2,5-6,9,11,13,19H2. The van der Waals surface area contributed by atoms with Crippen LogP contribution < -0.4 is 11.3 Å². The molecular weight excluding hydrogens is 258 g/mol. The minimum absolute atomic E-state index is 0.333. The van der Waals surface area contributed by atoms with E-state index in [9.17, 15) is 0 Å². The van der Waals surface area contributed by atoms with Gasteiger partial charge in [0.05, 0.1) is 5.52 Å². The first-order valence-electron chi connectivity index (χ1n) is 8.16. The summed E-state index contributed by atoms with van der Waals surface area (Å²) in [5, 5.41) is 1.20. The molecule has 112 valence electrons. The van der Waals surface area contributed by atoms with Crippen molar-refractivity contribution in [1.29, 1.82) is 0 Å². The summed E-state index contributed by atoms with van der Waals surface area (Å²) in [5.74, 6) is 6.66. The van der Waals surface area contributed by atoms with Gasteiger partial charge < -0.3 is 0 Å². The van der Waals surface area contributed by atoms with Crippen molar-refractivity contribution >= 4 is 10.9 Å². The van der Waals surface area contributed by atoms with Crippen LogP contribution in [0.3, 0.4) is 0 Å². The quantitative estimate of drug-likeness (QED) is 0.629. The SMILES string of the molecule is NNC(CCC1CCCC1)Cc1ccc2ccccc2n1. The third-order valence-electron chi connectivity index (χ3n) is 4.75. The number of hydrogen-bond acceptors (Lipinski definition) is 3. The van der Waals surface area contributed by atoms with Crippen molar-refractivity contribution in [3.63, 3.8) is 0 Å². The zero-order valence-electron chi connectivity index (χ0n) is 12.6. The monoisotopic (exact) mass is 283 g/mol. The van der Waals surface area contributed by atoms with Crippen LogP contribution in [0.2, 0.25) is 0 Å². The molecule has 0 amide bonds. The van der Waals surface area contributed by atoms with Crippen LogP contribution in [-0.4, -0.2) is 11.0 Å². The molecule has 1 aliphatic rings. The van der Waals surface area contributed by atoms with Gasteiger partial charge in [-0.25, -0.2) is 0 Å². The van der Waals surface area contributed by atoms with E-state index in [4.69, 9.17) is 10.8 Å². The molecule has 1 aromatic heterocycles. The van der Waals surface area contributed by atoms with Crippen molar-refractivity contribution in [2.24, 2.45) is 11.8 Å². The first-order valence-corrected chi connectivity index (χ1v) is 8.16. The first kappa shape index (κ1) is 14.5. The topological polar surface area (TPSA) is 50.9 Å². The van der Waals surface area contributed by atoms with E-state index in [1.165, 1.54) is 37.5 Å². The van der Waals surface area contributed by atoms with Crippen molar-refractivity contribution in [2.75, 3.05) is 0 Å². The molecule has 3 heteroatoms. The van der Waals surface area contributed by atoms with Gasteiger partial charge in [-0.15, -0.1) is 0 Å². The average molecular weight is 283 g/mol. The smallest absolute Gasteiger partial charge is 0.0705 e. The molecular formula is C18H25N3. The summed E-state index contributed by atoms with van der Waals surface area (Å²) in [5.41, 5.74) is 5.18. The van der Waals surface area contributed by atoms with Gasteiger partial charge in [0, 0.05) is 23.5 Å². The van der Waals surface area contributed by atoms with Gasteiger partial charge in [-0.3, -0.25) is 16.3 Å². The zero-order valence-corrected chi connectivity index (χ0v) is 12.6. The summed E-state index contributed by atoms with van der Waals surface area (Å²) in [4.78, 5) is 4.75. The third kappa shape index (κ3) is 3.80. The van der Waals surface area contributed by atoms with E-state index in [0.717, 1.165) is 30.0 Å². The minimum Gasteiger partial charge on any atom is -0.271 e. The second-order valence-corrected chi connectivity index (χ2v) is 6.29. The van der Waals surface area contributed by atoms with Crippen molar-refractivity contribution in [3.8, 4) is 0 Å². The molecule has 1 aliphatic carbocycles. The number of nitrogens with two attached hydrogens (primary N) is 1. The molecule has 3 nitrogen and oxygen atoms in total. The Bertz CT molecular complexity index is 575. The van der Waals surface area contributed by atoms with Crippen LogP contribution in [0.15, 0.2) is 36.4 Å². The molecule has 1 aromatic carbocycles. The Morgan fingerprint density at radius 1 is 1.14 bits per heavy atom. The van der Waals surface area contributed by atoms with Gasteiger partial charge in [0.15, 0.2) is 0 Å². The van der Waals surface area contributed by atoms with Gasteiger partial charge in [0.1, 0.15) is 0 Å². The largest absolute Gasteiger partial charge is 0.271 e. The Morgan fingerprint density at radius 2 is 1.95 bits per heavy atom. The van der Waals surface area contributed by atoms with Crippen LogP contribution in [0, 0.1) is 5.92 Å². The highest BCUT2D eigenvalue weighted by molar-refractivity contribution is 5.78. The lowest BCUT2D eigenvalue weighted by molar-refractivity contribution is 0.405. The Hall–Kier alpha value is -1.45. The van der Waals surface area contributed by atoms with Crippen LogP contribution in [0.1, 0.15) is 44.2 Å². The van der Waals surface area contributed by atoms with Crippen molar-refractivity contribution in [1.82, 2.24) is 10.4 Å². The van der Waals surface area contributed by atoms with E-state index >= 15 is 0 Å². The fourth-order valence-corrected chi connectivity index (χ4v) is 3.45. The summed E-state index contributed by atoms with van der Waals surface area (Å²) >= 11 is 0. The lowest BCUT2D eigenvalue weighted by Gasteiger charge is -2.18. The Balaban J connectivity index is 1.61. The third-order valence-corrected chi connectivity index (χ3v) is 4.75. The molecule has 0 aliphatic heterocycles. The molecule has 1 atom stereocenters. The summed E-state index contributed by atoms with van der Waals surface area (Å²) in [6.07, 6.45) is 9.00. The van der Waals surface area contributed by atoms with E-state index in [2.05, 4.69) is 35.8 Å². The number of para-hydroxylation sites is 1. The van der Waals surface area contributed by atoms with Gasteiger partial charge in [-0.1, -0.05) is 49.9 Å². The fourth-order valence-electron chi connectivity index (χ4n) is 3.45. The van der Waals surface area contributed by atoms with Crippen LogP contribution in [0.25, 0.3) is 10.9 Å². The van der Waals surface area contributed by atoms with E-state index in [1.54, 1.807) is 0 Å². The Labute approximate surface area is 126 Å². The minimum atomic E-state index is 0.333. The van der Waals surface area contributed by atoms with Gasteiger partial charge in [-0.2, -0.15) is 0 Å². The first-order chi connectivity index (χ1) is 10.3. The maximum atomic E-state index is 5.74.